The normalized spacial score (nSPS) is 17.8. The number of carbonyl (C=O) groups is 2. The summed E-state index contributed by atoms with van der Waals surface area (Å²) in [6, 6.07) is 15.8. The lowest BCUT2D eigenvalue weighted by Gasteiger charge is -2.23. The number of aliphatic hydroxyl groups excluding tert-OH is 1. The molecule has 5 rings (SSSR count). The number of para-hydroxylation sites is 2. The summed E-state index contributed by atoms with van der Waals surface area (Å²) < 4.78 is 13.6. The largest absolute Gasteiger partial charge is 0.507 e. The van der Waals surface area contributed by atoms with Crippen LogP contribution in [0.1, 0.15) is 17.2 Å². The number of rotatable bonds is 3. The molecule has 1 unspecified atom stereocenters. The highest BCUT2D eigenvalue weighted by Crippen LogP contribution is 2.42. The number of aromatic nitrogens is 2. The maximum atomic E-state index is 13.6. The number of H-pyrrole nitrogens is 1. The molecule has 9 heteroatoms. The van der Waals surface area contributed by atoms with E-state index in [1.807, 2.05) is 0 Å². The number of benzene rings is 3. The summed E-state index contributed by atoms with van der Waals surface area (Å²) in [5.41, 5.74) is 1.70. The van der Waals surface area contributed by atoms with Gasteiger partial charge in [-0.1, -0.05) is 47.5 Å². The monoisotopic (exact) mass is 481 g/mol. The van der Waals surface area contributed by atoms with Gasteiger partial charge in [-0.05, 0) is 48.0 Å². The van der Waals surface area contributed by atoms with E-state index in [1.54, 1.807) is 24.3 Å². The minimum Gasteiger partial charge on any atom is -0.507 e. The van der Waals surface area contributed by atoms with Crippen LogP contribution >= 0.6 is 23.2 Å². The molecule has 1 aliphatic rings. The van der Waals surface area contributed by atoms with Crippen LogP contribution in [0.2, 0.25) is 10.0 Å². The molecule has 6 nitrogen and oxygen atoms in total. The fraction of sp³-hybridized carbons (Fsp3) is 0.0417. The molecule has 3 aromatic carbocycles. The van der Waals surface area contributed by atoms with Crippen LogP contribution in [-0.2, 0) is 9.59 Å². The van der Waals surface area contributed by atoms with Crippen LogP contribution in [0.15, 0.2) is 72.3 Å². The molecule has 0 bridgehead atoms. The first-order valence-electron chi connectivity index (χ1n) is 9.82. The van der Waals surface area contributed by atoms with Crippen LogP contribution in [0.25, 0.3) is 16.8 Å². The smallest absolute Gasteiger partial charge is 0.302 e. The van der Waals surface area contributed by atoms with Gasteiger partial charge in [0.2, 0.25) is 5.95 Å². The average molecular weight is 482 g/mol. The Kier molecular flexibility index (Phi) is 5.15. The predicted molar refractivity (Wildman–Crippen MR) is 124 cm³/mol. The number of carbonyl (C=O) groups excluding carboxylic acids is 2. The van der Waals surface area contributed by atoms with Gasteiger partial charge >= 0.3 is 5.91 Å². The summed E-state index contributed by atoms with van der Waals surface area (Å²) in [7, 11) is 0. The zero-order valence-electron chi connectivity index (χ0n) is 16.7. The Morgan fingerprint density at radius 3 is 2.42 bits per heavy atom. The summed E-state index contributed by atoms with van der Waals surface area (Å²) in [6.45, 7) is 0. The number of nitrogens with zero attached hydrogens (tertiary/aromatic N) is 2. The summed E-state index contributed by atoms with van der Waals surface area (Å²) in [6.07, 6.45) is 0. The molecular weight excluding hydrogens is 468 g/mol. The first-order valence-corrected chi connectivity index (χ1v) is 10.6. The molecule has 1 fully saturated rings. The molecule has 2 N–H and O–H groups in total. The van der Waals surface area contributed by atoms with Crippen LogP contribution in [0, 0.1) is 5.82 Å². The number of imidazole rings is 1. The van der Waals surface area contributed by atoms with Crippen molar-refractivity contribution in [1.29, 1.82) is 0 Å². The molecule has 4 aromatic rings. The third-order valence-electron chi connectivity index (χ3n) is 5.43. The van der Waals surface area contributed by atoms with Crippen LogP contribution in [-0.4, -0.2) is 26.8 Å². The van der Waals surface area contributed by atoms with Gasteiger partial charge in [-0.15, -0.1) is 0 Å². The predicted octanol–water partition coefficient (Wildman–Crippen LogP) is 5.64. The molecule has 1 aromatic heterocycles. The van der Waals surface area contributed by atoms with Gasteiger partial charge in [0.1, 0.15) is 11.6 Å². The van der Waals surface area contributed by atoms with Gasteiger partial charge in [0.05, 0.1) is 32.7 Å². The Morgan fingerprint density at radius 2 is 1.73 bits per heavy atom. The number of anilines is 1. The molecule has 0 spiro atoms. The Balaban J connectivity index is 1.74. The van der Waals surface area contributed by atoms with Crippen LogP contribution in [0.5, 0.6) is 0 Å². The molecule has 0 saturated carbocycles. The van der Waals surface area contributed by atoms with E-state index in [4.69, 9.17) is 23.2 Å². The first-order chi connectivity index (χ1) is 15.8. The van der Waals surface area contributed by atoms with E-state index >= 15 is 0 Å². The summed E-state index contributed by atoms with van der Waals surface area (Å²) >= 11 is 12.1. The summed E-state index contributed by atoms with van der Waals surface area (Å²) in [5.74, 6) is -2.58. The fourth-order valence-corrected chi connectivity index (χ4v) is 4.16. The minimum atomic E-state index is -1.05. The Labute approximate surface area is 196 Å². The second kappa shape index (κ2) is 8.03. The second-order valence-electron chi connectivity index (χ2n) is 7.43. The van der Waals surface area contributed by atoms with Gasteiger partial charge < -0.3 is 10.1 Å². The molecule has 1 atom stereocenters. The van der Waals surface area contributed by atoms with Crippen molar-refractivity contribution in [3.8, 4) is 0 Å². The zero-order valence-corrected chi connectivity index (χ0v) is 18.2. The van der Waals surface area contributed by atoms with Crippen molar-refractivity contribution in [3.05, 3.63) is 99.3 Å². The van der Waals surface area contributed by atoms with E-state index in [1.165, 1.54) is 47.4 Å². The lowest BCUT2D eigenvalue weighted by Crippen LogP contribution is -2.30. The van der Waals surface area contributed by atoms with Crippen LogP contribution in [0.4, 0.5) is 10.3 Å². The number of Topliss-reactive ketones (excluding diaryl/α,β-unsaturated/α-hetero) is 1. The number of halogens is 3. The molecule has 0 aliphatic carbocycles. The van der Waals surface area contributed by atoms with E-state index in [0.717, 1.165) is 0 Å². The third kappa shape index (κ3) is 3.55. The van der Waals surface area contributed by atoms with Crippen molar-refractivity contribution >= 4 is 57.6 Å². The third-order valence-corrected chi connectivity index (χ3v) is 6.17. The first kappa shape index (κ1) is 21.2. The number of amides is 1. The highest BCUT2D eigenvalue weighted by Gasteiger charge is 2.48. The van der Waals surface area contributed by atoms with Gasteiger partial charge in [-0.3, -0.25) is 14.5 Å². The quantitative estimate of drug-likeness (QED) is 0.225. The molecule has 0 radical (unpaired) electrons. The lowest BCUT2D eigenvalue weighted by molar-refractivity contribution is -0.132. The highest BCUT2D eigenvalue weighted by atomic mass is 35.5. The number of aliphatic hydroxyl groups is 1. The Morgan fingerprint density at radius 1 is 1.00 bits per heavy atom. The number of hydrogen-bond acceptors (Lipinski definition) is 4. The molecule has 1 amide bonds. The van der Waals surface area contributed by atoms with Crippen molar-refractivity contribution < 1.29 is 19.1 Å². The van der Waals surface area contributed by atoms with E-state index in [9.17, 15) is 19.1 Å². The molecule has 164 valence electrons. The number of aromatic amines is 1. The number of nitrogens with one attached hydrogen (secondary N) is 1. The summed E-state index contributed by atoms with van der Waals surface area (Å²) in [5, 5.41) is 11.5. The molecule has 1 aliphatic heterocycles. The average Bonchev–Trinajstić information content (AvgIpc) is 3.34. The highest BCUT2D eigenvalue weighted by molar-refractivity contribution is 6.51. The van der Waals surface area contributed by atoms with Crippen molar-refractivity contribution in [3.63, 3.8) is 0 Å². The van der Waals surface area contributed by atoms with E-state index in [2.05, 4.69) is 9.97 Å². The molecule has 2 heterocycles. The standard InChI is InChI=1S/C24H14Cl2FN3O3/c25-15-10-7-13(11-16(15)26)21(31)19-20(12-5-8-14(27)9-6-12)30(23(33)22(19)32)24-28-17-3-1-2-4-18(17)29-24/h1-11,20,31H,(H,28,29)/b21-19+. The maximum absolute atomic E-state index is 13.6. The minimum absolute atomic E-state index is 0.126. The Bertz CT molecular complexity index is 1430. The van der Waals surface area contributed by atoms with Gasteiger partial charge in [0.25, 0.3) is 5.78 Å². The maximum Gasteiger partial charge on any atom is 0.302 e. The van der Waals surface area contributed by atoms with Gasteiger partial charge in [0, 0.05) is 5.56 Å². The van der Waals surface area contributed by atoms with Gasteiger partial charge in [-0.2, -0.15) is 0 Å². The van der Waals surface area contributed by atoms with Crippen molar-refractivity contribution in [2.45, 2.75) is 6.04 Å². The number of hydrogen-bond donors (Lipinski definition) is 2. The summed E-state index contributed by atoms with van der Waals surface area (Å²) in [4.78, 5) is 34.9. The molecular formula is C24H14Cl2FN3O3. The van der Waals surface area contributed by atoms with Crippen molar-refractivity contribution in [2.24, 2.45) is 0 Å². The van der Waals surface area contributed by atoms with Crippen molar-refractivity contribution in [2.75, 3.05) is 4.90 Å². The van der Waals surface area contributed by atoms with Crippen molar-refractivity contribution in [1.82, 2.24) is 9.97 Å². The SMILES string of the molecule is O=C1C(=O)N(c2nc3ccccc3[nH]2)C(c2ccc(F)cc2)/C1=C(\O)c1ccc(Cl)c(Cl)c1. The molecule has 1 saturated heterocycles. The van der Waals surface area contributed by atoms with E-state index < -0.39 is 29.3 Å². The van der Waals surface area contributed by atoms with Gasteiger partial charge in [0.15, 0.2) is 0 Å². The topological polar surface area (TPSA) is 86.3 Å². The fourth-order valence-electron chi connectivity index (χ4n) is 3.86. The number of ketones is 1. The lowest BCUT2D eigenvalue weighted by atomic mass is 9.95. The second-order valence-corrected chi connectivity index (χ2v) is 8.24. The van der Waals surface area contributed by atoms with Crippen LogP contribution < -0.4 is 4.90 Å². The zero-order chi connectivity index (χ0) is 23.3. The van der Waals surface area contributed by atoms with E-state index in [0.29, 0.717) is 16.6 Å². The van der Waals surface area contributed by atoms with Gasteiger partial charge in [-0.25, -0.2) is 9.37 Å². The Hall–Kier alpha value is -3.68. The number of fused-ring (bicyclic) bond motifs is 1. The van der Waals surface area contributed by atoms with E-state index in [-0.39, 0.29) is 27.1 Å². The van der Waals surface area contributed by atoms with Crippen LogP contribution in [0.3, 0.4) is 0 Å². The molecule has 33 heavy (non-hydrogen) atoms.